The molecule has 6 heteroatoms. The minimum Gasteiger partial charge on any atom is -0.306 e. The van der Waals surface area contributed by atoms with E-state index in [4.69, 9.17) is 0 Å². The Balaban J connectivity index is 1.84. The van der Waals surface area contributed by atoms with Crippen LogP contribution in [0.3, 0.4) is 0 Å². The molecule has 1 N–H and O–H groups in total. The van der Waals surface area contributed by atoms with Crippen molar-refractivity contribution in [1.29, 1.82) is 0 Å². The Bertz CT molecular complexity index is 822. The number of carbonyl (C=O) groups is 1. The lowest BCUT2D eigenvalue weighted by Gasteiger charge is -2.10. The van der Waals surface area contributed by atoms with Crippen molar-refractivity contribution in [2.75, 3.05) is 5.32 Å². The fourth-order valence-electron chi connectivity index (χ4n) is 2.25. The highest BCUT2D eigenvalue weighted by atomic mass is 32.1. The van der Waals surface area contributed by atoms with Gasteiger partial charge in [-0.2, -0.15) is 5.10 Å². The molecule has 22 heavy (non-hydrogen) atoms. The van der Waals surface area contributed by atoms with Crippen LogP contribution in [0, 0.1) is 11.7 Å². The van der Waals surface area contributed by atoms with Crippen LogP contribution in [0.5, 0.6) is 0 Å². The summed E-state index contributed by atoms with van der Waals surface area (Å²) >= 11 is 1.28. The monoisotopic (exact) mass is 317 g/mol. The van der Waals surface area contributed by atoms with Gasteiger partial charge in [-0.3, -0.25) is 4.79 Å². The second-order valence-corrected chi connectivity index (χ2v) is 6.59. The first kappa shape index (κ1) is 14.7. The molecule has 0 aliphatic rings. The van der Waals surface area contributed by atoms with Crippen LogP contribution in [0.15, 0.2) is 36.5 Å². The van der Waals surface area contributed by atoms with Gasteiger partial charge in [0.2, 0.25) is 0 Å². The largest absolute Gasteiger partial charge is 0.306 e. The van der Waals surface area contributed by atoms with Crippen LogP contribution in [-0.2, 0) is 6.54 Å². The van der Waals surface area contributed by atoms with Gasteiger partial charge in [0.1, 0.15) is 11.6 Å². The van der Waals surface area contributed by atoms with Crippen molar-refractivity contribution in [3.63, 3.8) is 0 Å². The molecule has 2 aromatic heterocycles. The van der Waals surface area contributed by atoms with Gasteiger partial charge in [0.05, 0.1) is 11.1 Å². The maximum absolute atomic E-state index is 13.7. The summed E-state index contributed by atoms with van der Waals surface area (Å²) in [5, 5.41) is 7.53. The van der Waals surface area contributed by atoms with E-state index in [1.54, 1.807) is 29.1 Å². The molecular weight excluding hydrogens is 301 g/mol. The third-order valence-electron chi connectivity index (χ3n) is 3.23. The predicted molar refractivity (Wildman–Crippen MR) is 86.8 cm³/mol. The fourth-order valence-corrected chi connectivity index (χ4v) is 3.22. The molecule has 0 unspecified atom stereocenters. The van der Waals surface area contributed by atoms with Crippen LogP contribution in [0.2, 0.25) is 0 Å². The number of halogens is 1. The summed E-state index contributed by atoms with van der Waals surface area (Å²) in [6, 6.07) is 8.20. The molecule has 0 radical (unpaired) electrons. The molecule has 0 atom stereocenters. The quantitative estimate of drug-likeness (QED) is 0.786. The van der Waals surface area contributed by atoms with Crippen LogP contribution in [0.4, 0.5) is 10.2 Å². The van der Waals surface area contributed by atoms with E-state index in [0.717, 1.165) is 11.2 Å². The Morgan fingerprint density at radius 1 is 1.41 bits per heavy atom. The molecule has 0 aliphatic heterocycles. The summed E-state index contributed by atoms with van der Waals surface area (Å²) < 4.78 is 16.2. The molecule has 3 aromatic rings. The summed E-state index contributed by atoms with van der Waals surface area (Å²) in [7, 11) is 0. The zero-order chi connectivity index (χ0) is 15.7. The highest BCUT2D eigenvalue weighted by Crippen LogP contribution is 2.28. The zero-order valence-corrected chi connectivity index (χ0v) is 13.2. The number of aromatic nitrogens is 2. The van der Waals surface area contributed by atoms with E-state index in [-0.39, 0.29) is 11.7 Å². The first-order chi connectivity index (χ1) is 10.5. The van der Waals surface area contributed by atoms with E-state index >= 15 is 0 Å². The molecule has 0 saturated carbocycles. The average Bonchev–Trinajstić information content (AvgIpc) is 3.06. The zero-order valence-electron chi connectivity index (χ0n) is 12.3. The Morgan fingerprint density at radius 3 is 2.95 bits per heavy atom. The number of thiophene rings is 1. The number of amides is 1. The molecule has 3 rings (SSSR count). The molecule has 0 aliphatic carbocycles. The minimum absolute atomic E-state index is 0.244. The Kier molecular flexibility index (Phi) is 3.94. The van der Waals surface area contributed by atoms with E-state index in [2.05, 4.69) is 24.3 Å². The SMILES string of the molecule is CC(C)Cn1nccc1NC(=O)c1cc2c(F)cccc2s1. The lowest BCUT2D eigenvalue weighted by molar-refractivity contribution is 0.102. The Hall–Kier alpha value is -2.21. The number of fused-ring (bicyclic) bond motifs is 1. The highest BCUT2D eigenvalue weighted by Gasteiger charge is 2.14. The molecule has 0 saturated heterocycles. The van der Waals surface area contributed by atoms with Crippen molar-refractivity contribution in [2.24, 2.45) is 5.92 Å². The summed E-state index contributed by atoms with van der Waals surface area (Å²) in [4.78, 5) is 12.9. The number of hydrogen-bond donors (Lipinski definition) is 1. The van der Waals surface area contributed by atoms with E-state index in [0.29, 0.717) is 22.0 Å². The number of carbonyl (C=O) groups excluding carboxylic acids is 1. The van der Waals surface area contributed by atoms with Gasteiger partial charge in [-0.25, -0.2) is 9.07 Å². The van der Waals surface area contributed by atoms with Gasteiger partial charge in [0.15, 0.2) is 0 Å². The highest BCUT2D eigenvalue weighted by molar-refractivity contribution is 7.20. The van der Waals surface area contributed by atoms with Crippen molar-refractivity contribution >= 4 is 33.1 Å². The van der Waals surface area contributed by atoms with Crippen LogP contribution < -0.4 is 5.32 Å². The lowest BCUT2D eigenvalue weighted by atomic mass is 10.2. The van der Waals surface area contributed by atoms with Gasteiger partial charge in [-0.1, -0.05) is 19.9 Å². The van der Waals surface area contributed by atoms with E-state index in [1.807, 2.05) is 6.07 Å². The standard InChI is InChI=1S/C16H16FN3OS/c1-10(2)9-20-15(6-7-18-20)19-16(21)14-8-11-12(17)4-3-5-13(11)22-14/h3-8,10H,9H2,1-2H3,(H,19,21). The van der Waals surface area contributed by atoms with Gasteiger partial charge in [0, 0.05) is 22.7 Å². The number of nitrogens with zero attached hydrogens (tertiary/aromatic N) is 2. The topological polar surface area (TPSA) is 46.9 Å². The lowest BCUT2D eigenvalue weighted by Crippen LogP contribution is -2.16. The summed E-state index contributed by atoms with van der Waals surface area (Å²) in [6.07, 6.45) is 1.66. The molecule has 0 fully saturated rings. The number of benzene rings is 1. The van der Waals surface area contributed by atoms with Gasteiger partial charge in [0.25, 0.3) is 5.91 Å². The Morgan fingerprint density at radius 2 is 2.23 bits per heavy atom. The summed E-state index contributed by atoms with van der Waals surface area (Å²) in [5.41, 5.74) is 0. The number of hydrogen-bond acceptors (Lipinski definition) is 3. The van der Waals surface area contributed by atoms with Crippen molar-refractivity contribution in [1.82, 2.24) is 9.78 Å². The van der Waals surface area contributed by atoms with Gasteiger partial charge in [-0.15, -0.1) is 11.3 Å². The van der Waals surface area contributed by atoms with E-state index in [9.17, 15) is 9.18 Å². The molecule has 1 amide bonds. The normalized spacial score (nSPS) is 11.3. The first-order valence-electron chi connectivity index (χ1n) is 7.06. The summed E-state index contributed by atoms with van der Waals surface area (Å²) in [6.45, 7) is 4.90. The van der Waals surface area contributed by atoms with Crippen molar-refractivity contribution < 1.29 is 9.18 Å². The smallest absolute Gasteiger partial charge is 0.266 e. The number of anilines is 1. The van der Waals surface area contributed by atoms with Crippen LogP contribution in [-0.4, -0.2) is 15.7 Å². The molecule has 0 bridgehead atoms. The maximum Gasteiger partial charge on any atom is 0.266 e. The van der Waals surface area contributed by atoms with Gasteiger partial charge < -0.3 is 5.32 Å². The van der Waals surface area contributed by atoms with Crippen LogP contribution in [0.1, 0.15) is 23.5 Å². The average molecular weight is 317 g/mol. The summed E-state index contributed by atoms with van der Waals surface area (Å²) in [5.74, 6) is 0.523. The second kappa shape index (κ2) is 5.88. The molecular formula is C16H16FN3OS. The molecule has 114 valence electrons. The first-order valence-corrected chi connectivity index (χ1v) is 7.87. The molecule has 0 spiro atoms. The van der Waals surface area contributed by atoms with E-state index in [1.165, 1.54) is 17.4 Å². The molecule has 4 nitrogen and oxygen atoms in total. The second-order valence-electron chi connectivity index (χ2n) is 5.51. The van der Waals surface area contributed by atoms with Crippen molar-refractivity contribution in [3.8, 4) is 0 Å². The number of nitrogens with one attached hydrogen (secondary N) is 1. The van der Waals surface area contributed by atoms with Gasteiger partial charge in [-0.05, 0) is 24.1 Å². The third-order valence-corrected chi connectivity index (χ3v) is 4.33. The predicted octanol–water partition coefficient (Wildman–Crippen LogP) is 4.15. The van der Waals surface area contributed by atoms with Crippen molar-refractivity contribution in [2.45, 2.75) is 20.4 Å². The molecule has 2 heterocycles. The molecule has 1 aromatic carbocycles. The van der Waals surface area contributed by atoms with Gasteiger partial charge >= 0.3 is 0 Å². The maximum atomic E-state index is 13.7. The van der Waals surface area contributed by atoms with Crippen molar-refractivity contribution in [3.05, 3.63) is 47.2 Å². The third kappa shape index (κ3) is 2.87. The Labute approximate surface area is 131 Å². The van der Waals surface area contributed by atoms with E-state index < -0.39 is 0 Å². The van der Waals surface area contributed by atoms with Crippen LogP contribution >= 0.6 is 11.3 Å². The minimum atomic E-state index is -0.308. The fraction of sp³-hybridized carbons (Fsp3) is 0.250. The van der Waals surface area contributed by atoms with Crippen LogP contribution in [0.25, 0.3) is 10.1 Å². The number of rotatable bonds is 4.